The van der Waals surface area contributed by atoms with Crippen LogP contribution in [0.4, 0.5) is 0 Å². The molecule has 0 heterocycles. The van der Waals surface area contributed by atoms with E-state index in [9.17, 15) is 14.4 Å². The molecule has 0 spiro atoms. The molecule has 0 aliphatic rings. The first-order chi connectivity index (χ1) is 30.5. The van der Waals surface area contributed by atoms with Gasteiger partial charge in [-0.2, -0.15) is 0 Å². The second-order valence-corrected chi connectivity index (χ2v) is 19.2. The van der Waals surface area contributed by atoms with Gasteiger partial charge in [0, 0.05) is 19.3 Å². The number of unbranched alkanes of at least 4 members (excludes halogenated alkanes) is 41. The lowest BCUT2D eigenvalue weighted by molar-refractivity contribution is -0.167. The van der Waals surface area contributed by atoms with Gasteiger partial charge in [0.2, 0.25) is 0 Å². The minimum absolute atomic E-state index is 0.0613. The average molecular weight is 877 g/mol. The van der Waals surface area contributed by atoms with Crippen molar-refractivity contribution in [3.05, 3.63) is 0 Å². The van der Waals surface area contributed by atoms with Gasteiger partial charge >= 0.3 is 17.9 Å². The Kier molecular flexibility index (Phi) is 50.7. The predicted molar refractivity (Wildman–Crippen MR) is 266 cm³/mol. The highest BCUT2D eigenvalue weighted by Crippen LogP contribution is 2.17. The van der Waals surface area contributed by atoms with Crippen molar-refractivity contribution >= 4 is 17.9 Å². The molecule has 0 fully saturated rings. The number of carbonyl (C=O) groups is 3. The number of carbonyl (C=O) groups excluding carboxylic acids is 3. The molecule has 62 heavy (non-hydrogen) atoms. The molecule has 0 aliphatic carbocycles. The first-order valence-electron chi connectivity index (χ1n) is 28.0. The van der Waals surface area contributed by atoms with Gasteiger partial charge in [-0.05, 0) is 19.3 Å². The van der Waals surface area contributed by atoms with E-state index in [0.717, 1.165) is 57.8 Å². The molecule has 368 valence electrons. The summed E-state index contributed by atoms with van der Waals surface area (Å²) < 4.78 is 16.9. The van der Waals surface area contributed by atoms with Crippen LogP contribution in [0.15, 0.2) is 0 Å². The van der Waals surface area contributed by atoms with Crippen molar-refractivity contribution in [2.24, 2.45) is 0 Å². The van der Waals surface area contributed by atoms with Gasteiger partial charge in [-0.15, -0.1) is 0 Å². The Hall–Kier alpha value is -1.59. The van der Waals surface area contributed by atoms with E-state index in [-0.39, 0.29) is 31.1 Å². The number of rotatable bonds is 52. The summed E-state index contributed by atoms with van der Waals surface area (Å²) in [6, 6.07) is 0. The molecule has 1 atom stereocenters. The summed E-state index contributed by atoms with van der Waals surface area (Å²) >= 11 is 0. The lowest BCUT2D eigenvalue weighted by atomic mass is 10.0. The van der Waals surface area contributed by atoms with Gasteiger partial charge in [-0.1, -0.05) is 284 Å². The van der Waals surface area contributed by atoms with Crippen LogP contribution in [-0.4, -0.2) is 37.2 Å². The van der Waals surface area contributed by atoms with Crippen LogP contribution >= 0.6 is 0 Å². The zero-order valence-corrected chi connectivity index (χ0v) is 42.2. The highest BCUT2D eigenvalue weighted by atomic mass is 16.6. The van der Waals surface area contributed by atoms with Crippen LogP contribution < -0.4 is 0 Å². The van der Waals surface area contributed by atoms with E-state index in [0.29, 0.717) is 19.3 Å². The molecule has 0 aromatic heterocycles. The maximum absolute atomic E-state index is 12.8. The maximum atomic E-state index is 12.8. The Morgan fingerprint density at radius 3 is 0.645 bits per heavy atom. The van der Waals surface area contributed by atoms with Crippen molar-refractivity contribution in [3.63, 3.8) is 0 Å². The van der Waals surface area contributed by atoms with Crippen molar-refractivity contribution in [3.8, 4) is 0 Å². The first-order valence-corrected chi connectivity index (χ1v) is 28.0. The summed E-state index contributed by atoms with van der Waals surface area (Å²) in [5.74, 6) is -0.835. The molecule has 0 bridgehead atoms. The molecule has 0 rings (SSSR count). The second kappa shape index (κ2) is 52.0. The molecule has 0 aromatic carbocycles. The zero-order valence-electron chi connectivity index (χ0n) is 42.2. The third kappa shape index (κ3) is 49.4. The van der Waals surface area contributed by atoms with Crippen molar-refractivity contribution in [1.29, 1.82) is 0 Å². The van der Waals surface area contributed by atoms with E-state index >= 15 is 0 Å². The number of ether oxygens (including phenoxy) is 3. The summed E-state index contributed by atoms with van der Waals surface area (Å²) in [4.78, 5) is 38.0. The van der Waals surface area contributed by atoms with Gasteiger partial charge in [0.15, 0.2) is 6.10 Å². The fourth-order valence-electron chi connectivity index (χ4n) is 8.62. The molecule has 0 amide bonds. The van der Waals surface area contributed by atoms with Gasteiger partial charge < -0.3 is 14.2 Å². The van der Waals surface area contributed by atoms with Gasteiger partial charge in [0.05, 0.1) is 0 Å². The first kappa shape index (κ1) is 60.4. The Balaban J connectivity index is 4.26. The third-order valence-electron chi connectivity index (χ3n) is 12.9. The average Bonchev–Trinajstić information content (AvgIpc) is 3.27. The third-order valence-corrected chi connectivity index (χ3v) is 12.9. The molecular formula is C56H108O6. The second-order valence-electron chi connectivity index (χ2n) is 19.2. The maximum Gasteiger partial charge on any atom is 0.306 e. The lowest BCUT2D eigenvalue weighted by Crippen LogP contribution is -2.30. The molecule has 0 aliphatic heterocycles. The van der Waals surface area contributed by atoms with Crippen LogP contribution in [0.1, 0.15) is 323 Å². The van der Waals surface area contributed by atoms with E-state index in [4.69, 9.17) is 14.2 Å². The molecular weight excluding hydrogens is 769 g/mol. The topological polar surface area (TPSA) is 78.9 Å². The van der Waals surface area contributed by atoms with E-state index in [2.05, 4.69) is 20.8 Å². The van der Waals surface area contributed by atoms with Crippen molar-refractivity contribution in [2.75, 3.05) is 13.2 Å². The largest absolute Gasteiger partial charge is 0.462 e. The van der Waals surface area contributed by atoms with Crippen LogP contribution in [0.3, 0.4) is 0 Å². The molecule has 0 radical (unpaired) electrons. The quantitative estimate of drug-likeness (QED) is 0.0344. The molecule has 0 N–H and O–H groups in total. The zero-order chi connectivity index (χ0) is 45.1. The molecule has 0 unspecified atom stereocenters. The highest BCUT2D eigenvalue weighted by Gasteiger charge is 2.19. The fourth-order valence-corrected chi connectivity index (χ4v) is 8.62. The van der Waals surface area contributed by atoms with Crippen molar-refractivity contribution in [2.45, 2.75) is 329 Å². The Bertz CT molecular complexity index is 920. The van der Waals surface area contributed by atoms with Crippen molar-refractivity contribution < 1.29 is 28.6 Å². The fraction of sp³-hybridized carbons (Fsp3) is 0.946. The van der Waals surface area contributed by atoms with Gasteiger partial charge in [-0.3, -0.25) is 14.4 Å². The Morgan fingerprint density at radius 2 is 0.435 bits per heavy atom. The number of hydrogen-bond acceptors (Lipinski definition) is 6. The summed E-state index contributed by atoms with van der Waals surface area (Å²) in [6.45, 7) is 6.69. The van der Waals surface area contributed by atoms with E-state index in [1.165, 1.54) is 225 Å². The molecule has 0 saturated heterocycles. The molecule has 0 aromatic rings. The number of esters is 3. The summed E-state index contributed by atoms with van der Waals surface area (Å²) in [5.41, 5.74) is 0. The number of hydrogen-bond donors (Lipinski definition) is 0. The molecule has 6 nitrogen and oxygen atoms in total. The van der Waals surface area contributed by atoms with E-state index in [1.807, 2.05) is 0 Å². The highest BCUT2D eigenvalue weighted by molar-refractivity contribution is 5.71. The monoisotopic (exact) mass is 877 g/mol. The van der Waals surface area contributed by atoms with Crippen LogP contribution in [0.2, 0.25) is 0 Å². The van der Waals surface area contributed by atoms with Crippen LogP contribution in [0.5, 0.6) is 0 Å². The standard InChI is InChI=1S/C56H108O6/c1-4-7-10-13-16-19-22-24-26-28-30-31-34-37-40-43-46-49-55(58)61-52-53(51-60-54(57)48-45-42-39-36-33-21-18-15-12-9-6-3)62-56(59)50-47-44-41-38-35-32-29-27-25-23-20-17-14-11-8-5-2/h53H,4-52H2,1-3H3/t53-/m0/s1. The Labute approximate surface area is 387 Å². The van der Waals surface area contributed by atoms with Gasteiger partial charge in [0.25, 0.3) is 0 Å². The van der Waals surface area contributed by atoms with Gasteiger partial charge in [-0.25, -0.2) is 0 Å². The normalized spacial score (nSPS) is 11.9. The Morgan fingerprint density at radius 1 is 0.258 bits per heavy atom. The SMILES string of the molecule is CCCCCCCCCCCCCCCCCCCC(=O)OC[C@H](COC(=O)CCCCCCCCCCCCC)OC(=O)CCCCCCCCCCCCCCCCCC. The van der Waals surface area contributed by atoms with Gasteiger partial charge in [0.1, 0.15) is 13.2 Å². The molecule has 6 heteroatoms. The molecule has 0 saturated carbocycles. The summed E-state index contributed by atoms with van der Waals surface area (Å²) in [6.07, 6.45) is 56.6. The summed E-state index contributed by atoms with van der Waals surface area (Å²) in [5, 5.41) is 0. The minimum Gasteiger partial charge on any atom is -0.462 e. The van der Waals surface area contributed by atoms with E-state index in [1.54, 1.807) is 0 Å². The van der Waals surface area contributed by atoms with Crippen molar-refractivity contribution in [1.82, 2.24) is 0 Å². The summed E-state index contributed by atoms with van der Waals surface area (Å²) in [7, 11) is 0. The van der Waals surface area contributed by atoms with Crippen LogP contribution in [0, 0.1) is 0 Å². The van der Waals surface area contributed by atoms with Crippen LogP contribution in [0.25, 0.3) is 0 Å². The van der Waals surface area contributed by atoms with Crippen LogP contribution in [-0.2, 0) is 28.6 Å². The lowest BCUT2D eigenvalue weighted by Gasteiger charge is -2.18. The smallest absolute Gasteiger partial charge is 0.306 e. The minimum atomic E-state index is -0.760. The predicted octanol–water partition coefficient (Wildman–Crippen LogP) is 18.4. The van der Waals surface area contributed by atoms with E-state index < -0.39 is 6.10 Å².